The number of nitrogens with zero attached hydrogens (tertiary/aromatic N) is 1. The molecule has 0 aromatic heterocycles. The van der Waals surface area contributed by atoms with Gasteiger partial charge < -0.3 is 5.32 Å². The second-order valence-corrected chi connectivity index (χ2v) is 7.72. The highest BCUT2D eigenvalue weighted by molar-refractivity contribution is 8.17. The fraction of sp³-hybridized carbons (Fsp3) is 0.500. The minimum absolute atomic E-state index is 0.0850. The summed E-state index contributed by atoms with van der Waals surface area (Å²) >= 11 is 1.67. The van der Waals surface area contributed by atoms with E-state index in [4.69, 9.17) is 4.99 Å². The molecule has 0 aliphatic carbocycles. The van der Waals surface area contributed by atoms with Crippen LogP contribution in [0.4, 0.5) is 5.69 Å². The average molecular weight is 302 g/mol. The lowest BCUT2D eigenvalue weighted by Gasteiger charge is -2.22. The Morgan fingerprint density at radius 3 is 2.14 bits per heavy atom. The summed E-state index contributed by atoms with van der Waals surface area (Å²) in [4.78, 5) is 6.03. The van der Waals surface area contributed by atoms with E-state index in [9.17, 15) is 0 Å². The van der Waals surface area contributed by atoms with Gasteiger partial charge in [0, 0.05) is 10.6 Å². The molecule has 21 heavy (non-hydrogen) atoms. The SMILES string of the molecule is C=C1SC(Nc2ccc(C(C)(C)C)cc2)=NC1(CC)CC. The van der Waals surface area contributed by atoms with Crippen LogP contribution in [0.2, 0.25) is 0 Å². The quantitative estimate of drug-likeness (QED) is 0.789. The van der Waals surface area contributed by atoms with Crippen LogP contribution in [0.1, 0.15) is 53.0 Å². The molecule has 1 heterocycles. The fourth-order valence-corrected chi connectivity index (χ4v) is 3.67. The average Bonchev–Trinajstić information content (AvgIpc) is 2.75. The third kappa shape index (κ3) is 3.34. The lowest BCUT2D eigenvalue weighted by molar-refractivity contribution is 0.496. The number of nitrogens with one attached hydrogen (secondary N) is 1. The highest BCUT2D eigenvalue weighted by atomic mass is 32.2. The molecule has 1 aliphatic rings. The molecule has 3 heteroatoms. The molecule has 1 N–H and O–H groups in total. The van der Waals surface area contributed by atoms with Crippen molar-refractivity contribution in [3.8, 4) is 0 Å². The van der Waals surface area contributed by atoms with Crippen molar-refractivity contribution < 1.29 is 0 Å². The highest BCUT2D eigenvalue weighted by Gasteiger charge is 2.36. The number of amidine groups is 1. The Balaban J connectivity index is 2.15. The number of anilines is 1. The van der Waals surface area contributed by atoms with Gasteiger partial charge in [0.2, 0.25) is 0 Å². The normalized spacial score (nSPS) is 17.8. The molecule has 0 fully saturated rings. The number of aliphatic imine (C=N–C) groups is 1. The third-order valence-corrected chi connectivity index (χ3v) is 5.24. The number of thioether (sulfide) groups is 1. The van der Waals surface area contributed by atoms with Crippen molar-refractivity contribution in [2.75, 3.05) is 5.32 Å². The van der Waals surface area contributed by atoms with Gasteiger partial charge in [-0.25, -0.2) is 0 Å². The standard InChI is InChI=1S/C18H26N2S/c1-7-18(8-2)13(3)21-16(20-18)19-15-11-9-14(10-12-15)17(4,5)6/h9-12H,3,7-8H2,1-2,4-6H3,(H,19,20). The molecule has 0 radical (unpaired) electrons. The minimum Gasteiger partial charge on any atom is -0.335 e. The highest BCUT2D eigenvalue weighted by Crippen LogP contribution is 2.42. The van der Waals surface area contributed by atoms with Crippen molar-refractivity contribution in [2.45, 2.75) is 58.4 Å². The summed E-state index contributed by atoms with van der Waals surface area (Å²) in [6, 6.07) is 8.63. The Morgan fingerprint density at radius 1 is 1.14 bits per heavy atom. The van der Waals surface area contributed by atoms with E-state index in [-0.39, 0.29) is 11.0 Å². The summed E-state index contributed by atoms with van der Waals surface area (Å²) in [6.45, 7) is 15.2. The summed E-state index contributed by atoms with van der Waals surface area (Å²) in [7, 11) is 0. The van der Waals surface area contributed by atoms with Crippen molar-refractivity contribution >= 4 is 22.6 Å². The molecular formula is C18H26N2S. The molecule has 1 aromatic rings. The van der Waals surface area contributed by atoms with E-state index in [0.717, 1.165) is 28.6 Å². The summed E-state index contributed by atoms with van der Waals surface area (Å²) in [5, 5.41) is 4.39. The molecule has 0 amide bonds. The van der Waals surface area contributed by atoms with E-state index in [2.05, 4.69) is 70.8 Å². The van der Waals surface area contributed by atoms with Gasteiger partial charge in [0.1, 0.15) is 0 Å². The lowest BCUT2D eigenvalue weighted by atomic mass is 9.87. The Kier molecular flexibility index (Phi) is 4.52. The van der Waals surface area contributed by atoms with Gasteiger partial charge in [-0.2, -0.15) is 0 Å². The van der Waals surface area contributed by atoms with E-state index in [1.54, 1.807) is 11.8 Å². The lowest BCUT2D eigenvalue weighted by Crippen LogP contribution is -2.22. The van der Waals surface area contributed by atoms with Crippen molar-refractivity contribution in [1.82, 2.24) is 0 Å². The van der Waals surface area contributed by atoms with Gasteiger partial charge in [-0.3, -0.25) is 4.99 Å². The number of hydrogen-bond donors (Lipinski definition) is 1. The zero-order valence-electron chi connectivity index (χ0n) is 13.8. The van der Waals surface area contributed by atoms with E-state index >= 15 is 0 Å². The smallest absolute Gasteiger partial charge is 0.166 e. The van der Waals surface area contributed by atoms with Crippen LogP contribution in [-0.4, -0.2) is 10.7 Å². The molecule has 1 aromatic carbocycles. The third-order valence-electron chi connectivity index (χ3n) is 4.23. The fourth-order valence-electron chi connectivity index (χ4n) is 2.52. The van der Waals surface area contributed by atoms with Crippen LogP contribution >= 0.6 is 11.8 Å². The number of benzene rings is 1. The Hall–Kier alpha value is -1.22. The van der Waals surface area contributed by atoms with Gasteiger partial charge >= 0.3 is 0 Å². The van der Waals surface area contributed by atoms with Crippen LogP contribution < -0.4 is 5.32 Å². The first kappa shape index (κ1) is 16.2. The van der Waals surface area contributed by atoms with Crippen molar-refractivity contribution in [1.29, 1.82) is 0 Å². The Bertz CT molecular complexity index is 546. The van der Waals surface area contributed by atoms with Crippen LogP contribution in [-0.2, 0) is 5.41 Å². The van der Waals surface area contributed by atoms with Crippen LogP contribution in [0.25, 0.3) is 0 Å². The second-order valence-electron chi connectivity index (χ2n) is 6.63. The van der Waals surface area contributed by atoms with Crippen LogP contribution in [0.15, 0.2) is 40.7 Å². The summed E-state index contributed by atoms with van der Waals surface area (Å²) in [5.74, 6) is 0. The molecule has 0 saturated heterocycles. The van der Waals surface area contributed by atoms with Crippen LogP contribution in [0.3, 0.4) is 0 Å². The van der Waals surface area contributed by atoms with Crippen LogP contribution in [0, 0.1) is 0 Å². The van der Waals surface area contributed by atoms with E-state index in [0.29, 0.717) is 0 Å². The zero-order chi connectivity index (χ0) is 15.7. The van der Waals surface area contributed by atoms with E-state index in [1.807, 2.05) is 0 Å². The first-order chi connectivity index (χ1) is 9.80. The topological polar surface area (TPSA) is 24.4 Å². The van der Waals surface area contributed by atoms with Gasteiger partial charge in [0.25, 0.3) is 0 Å². The molecule has 0 atom stereocenters. The predicted molar refractivity (Wildman–Crippen MR) is 96.2 cm³/mol. The second kappa shape index (κ2) is 5.88. The van der Waals surface area contributed by atoms with Gasteiger partial charge in [-0.05, 0) is 36.0 Å². The Labute approximate surface area is 133 Å². The number of rotatable bonds is 3. The molecule has 1 aliphatic heterocycles. The van der Waals surface area contributed by atoms with Gasteiger partial charge in [0.05, 0.1) is 5.54 Å². The summed E-state index contributed by atoms with van der Waals surface area (Å²) in [5.41, 5.74) is 2.53. The van der Waals surface area contributed by atoms with Gasteiger partial charge in [-0.1, -0.05) is 65.1 Å². The first-order valence-electron chi connectivity index (χ1n) is 7.65. The molecule has 0 bridgehead atoms. The zero-order valence-corrected chi connectivity index (χ0v) is 14.6. The monoisotopic (exact) mass is 302 g/mol. The molecule has 0 unspecified atom stereocenters. The first-order valence-corrected chi connectivity index (χ1v) is 8.47. The maximum Gasteiger partial charge on any atom is 0.166 e. The van der Waals surface area contributed by atoms with E-state index < -0.39 is 0 Å². The van der Waals surface area contributed by atoms with Crippen molar-refractivity contribution in [3.05, 3.63) is 41.3 Å². The molecular weight excluding hydrogens is 276 g/mol. The van der Waals surface area contributed by atoms with Crippen molar-refractivity contribution in [3.63, 3.8) is 0 Å². The van der Waals surface area contributed by atoms with Crippen LogP contribution in [0.5, 0.6) is 0 Å². The summed E-state index contributed by atoms with van der Waals surface area (Å²) < 4.78 is 0. The molecule has 114 valence electrons. The predicted octanol–water partition coefficient (Wildman–Crippen LogP) is 5.57. The number of hydrogen-bond acceptors (Lipinski definition) is 3. The van der Waals surface area contributed by atoms with Gasteiger partial charge in [0.15, 0.2) is 5.17 Å². The Morgan fingerprint density at radius 2 is 1.71 bits per heavy atom. The van der Waals surface area contributed by atoms with Gasteiger partial charge in [-0.15, -0.1) is 0 Å². The molecule has 2 nitrogen and oxygen atoms in total. The molecule has 2 rings (SSSR count). The largest absolute Gasteiger partial charge is 0.335 e. The van der Waals surface area contributed by atoms with E-state index in [1.165, 1.54) is 5.56 Å². The molecule has 0 spiro atoms. The maximum absolute atomic E-state index is 4.87. The summed E-state index contributed by atoms with van der Waals surface area (Å²) in [6.07, 6.45) is 2.01. The minimum atomic E-state index is -0.0850. The van der Waals surface area contributed by atoms with Crippen molar-refractivity contribution in [2.24, 2.45) is 4.99 Å². The molecule has 0 saturated carbocycles. The maximum atomic E-state index is 4.87.